The summed E-state index contributed by atoms with van der Waals surface area (Å²) in [7, 11) is -3.39. The highest BCUT2D eigenvalue weighted by Crippen LogP contribution is 2.21. The van der Waals surface area contributed by atoms with Gasteiger partial charge in [-0.2, -0.15) is 0 Å². The minimum Gasteiger partial charge on any atom is -0.477 e. The molecule has 0 atom stereocenters. The Morgan fingerprint density at radius 1 is 1.07 bits per heavy atom. The minimum atomic E-state index is -3.39. The van der Waals surface area contributed by atoms with Crippen molar-refractivity contribution in [1.29, 1.82) is 0 Å². The average molecular weight is 398 g/mol. The molecule has 0 aliphatic heterocycles. The lowest BCUT2D eigenvalue weighted by Gasteiger charge is -2.10. The highest BCUT2D eigenvalue weighted by atomic mass is 32.2. The molecule has 3 aromatic rings. The van der Waals surface area contributed by atoms with Crippen LogP contribution in [-0.2, 0) is 9.84 Å². The van der Waals surface area contributed by atoms with E-state index in [1.807, 2.05) is 6.92 Å². The van der Waals surface area contributed by atoms with E-state index in [-0.39, 0.29) is 16.8 Å². The van der Waals surface area contributed by atoms with Crippen LogP contribution in [0.25, 0.3) is 11.3 Å². The number of ether oxygens (including phenoxy) is 1. The summed E-state index contributed by atoms with van der Waals surface area (Å²) in [6.07, 6.45) is 2.64. The molecular formula is C19H18N4O4S. The van der Waals surface area contributed by atoms with Crippen molar-refractivity contribution in [2.75, 3.05) is 18.2 Å². The quantitative estimate of drug-likeness (QED) is 0.679. The van der Waals surface area contributed by atoms with Gasteiger partial charge in [0.25, 0.3) is 5.91 Å². The molecule has 8 nitrogen and oxygen atoms in total. The number of amides is 1. The maximum absolute atomic E-state index is 12.5. The zero-order valence-corrected chi connectivity index (χ0v) is 16.1. The van der Waals surface area contributed by atoms with Gasteiger partial charge < -0.3 is 10.1 Å². The van der Waals surface area contributed by atoms with Crippen molar-refractivity contribution < 1.29 is 17.9 Å². The second-order valence-electron chi connectivity index (χ2n) is 5.85. The van der Waals surface area contributed by atoms with Gasteiger partial charge in [-0.3, -0.25) is 4.79 Å². The normalized spacial score (nSPS) is 11.1. The van der Waals surface area contributed by atoms with Gasteiger partial charge in [-0.1, -0.05) is 12.1 Å². The number of hydrogen-bond acceptors (Lipinski definition) is 7. The first-order chi connectivity index (χ1) is 13.4. The Morgan fingerprint density at radius 2 is 1.82 bits per heavy atom. The fourth-order valence-electron chi connectivity index (χ4n) is 2.41. The maximum Gasteiger partial charge on any atom is 0.261 e. The summed E-state index contributed by atoms with van der Waals surface area (Å²) in [5.41, 5.74) is 2.19. The molecule has 9 heteroatoms. The maximum atomic E-state index is 12.5. The Kier molecular flexibility index (Phi) is 5.65. The third kappa shape index (κ3) is 4.49. The monoisotopic (exact) mass is 398 g/mol. The molecule has 0 radical (unpaired) electrons. The molecule has 0 bridgehead atoms. The minimum absolute atomic E-state index is 0.0818. The van der Waals surface area contributed by atoms with Gasteiger partial charge in [-0.15, -0.1) is 10.2 Å². The van der Waals surface area contributed by atoms with Crippen molar-refractivity contribution in [2.45, 2.75) is 11.9 Å². The van der Waals surface area contributed by atoms with Crippen LogP contribution < -0.4 is 10.1 Å². The Morgan fingerprint density at radius 3 is 2.43 bits per heavy atom. The smallest absolute Gasteiger partial charge is 0.261 e. The molecule has 0 fully saturated rings. The van der Waals surface area contributed by atoms with E-state index in [9.17, 15) is 13.2 Å². The molecule has 2 heterocycles. The summed E-state index contributed by atoms with van der Waals surface area (Å²) in [6.45, 7) is 2.23. The van der Waals surface area contributed by atoms with E-state index in [1.165, 1.54) is 6.07 Å². The molecule has 28 heavy (non-hydrogen) atoms. The van der Waals surface area contributed by atoms with E-state index >= 15 is 0 Å². The Bertz CT molecular complexity index is 1080. The number of rotatable bonds is 6. The topological polar surface area (TPSA) is 111 Å². The zero-order valence-electron chi connectivity index (χ0n) is 15.3. The number of carbonyl (C=O) groups excluding carboxylic acids is 1. The van der Waals surface area contributed by atoms with Gasteiger partial charge in [0.05, 0.1) is 12.3 Å². The molecule has 144 valence electrons. The number of anilines is 1. The van der Waals surface area contributed by atoms with Crippen LogP contribution in [0.3, 0.4) is 0 Å². The fraction of sp³-hybridized carbons (Fsp3) is 0.158. The van der Waals surface area contributed by atoms with Crippen molar-refractivity contribution in [2.24, 2.45) is 0 Å². The SMILES string of the molecule is CCOc1ncccc1C(=O)Nc1ccc(-c2ccc(S(C)(=O)=O)nn2)cc1. The fourth-order valence-corrected chi connectivity index (χ4v) is 2.91. The molecule has 1 aromatic carbocycles. The van der Waals surface area contributed by atoms with Crippen LogP contribution in [0.1, 0.15) is 17.3 Å². The Labute approximate surface area is 162 Å². The Hall–Kier alpha value is -3.33. The summed E-state index contributed by atoms with van der Waals surface area (Å²) in [6, 6.07) is 13.2. The summed E-state index contributed by atoms with van der Waals surface area (Å²) in [5.74, 6) is -0.0537. The van der Waals surface area contributed by atoms with E-state index in [0.29, 0.717) is 23.6 Å². The first kappa shape index (κ1) is 19.4. The second kappa shape index (κ2) is 8.13. The molecule has 2 aromatic heterocycles. The number of aromatic nitrogens is 3. The number of nitrogens with one attached hydrogen (secondary N) is 1. The predicted molar refractivity (Wildman–Crippen MR) is 104 cm³/mol. The molecule has 1 N–H and O–H groups in total. The van der Waals surface area contributed by atoms with Gasteiger partial charge in [-0.05, 0) is 43.3 Å². The number of benzene rings is 1. The molecular weight excluding hydrogens is 380 g/mol. The summed E-state index contributed by atoms with van der Waals surface area (Å²) in [4.78, 5) is 16.6. The van der Waals surface area contributed by atoms with Crippen LogP contribution in [0.15, 0.2) is 59.8 Å². The van der Waals surface area contributed by atoms with Gasteiger partial charge in [0, 0.05) is 23.7 Å². The van der Waals surface area contributed by atoms with Crippen LogP contribution in [-0.4, -0.2) is 42.4 Å². The summed E-state index contributed by atoms with van der Waals surface area (Å²) >= 11 is 0. The Balaban J connectivity index is 1.75. The standard InChI is InChI=1S/C19H18N4O4S/c1-3-27-19-15(5-4-12-20-19)18(24)21-14-8-6-13(7-9-14)16-10-11-17(23-22-16)28(2,25)26/h4-12H,3H2,1-2H3,(H,21,24). The van der Waals surface area contributed by atoms with E-state index in [0.717, 1.165) is 11.8 Å². The molecule has 0 saturated carbocycles. The largest absolute Gasteiger partial charge is 0.477 e. The van der Waals surface area contributed by atoms with Gasteiger partial charge in [0.15, 0.2) is 14.9 Å². The van der Waals surface area contributed by atoms with E-state index in [1.54, 1.807) is 48.7 Å². The van der Waals surface area contributed by atoms with E-state index in [4.69, 9.17) is 4.74 Å². The number of carbonyl (C=O) groups is 1. The van der Waals surface area contributed by atoms with Crippen molar-refractivity contribution in [1.82, 2.24) is 15.2 Å². The first-order valence-electron chi connectivity index (χ1n) is 8.42. The van der Waals surface area contributed by atoms with Gasteiger partial charge >= 0.3 is 0 Å². The highest BCUT2D eigenvalue weighted by Gasteiger charge is 2.14. The van der Waals surface area contributed by atoms with Gasteiger partial charge in [0.1, 0.15) is 5.56 Å². The lowest BCUT2D eigenvalue weighted by Crippen LogP contribution is -2.14. The van der Waals surface area contributed by atoms with Gasteiger partial charge in [0.2, 0.25) is 5.88 Å². The van der Waals surface area contributed by atoms with Crippen molar-refractivity contribution in [3.63, 3.8) is 0 Å². The third-order valence-corrected chi connectivity index (χ3v) is 4.73. The molecule has 0 spiro atoms. The summed E-state index contributed by atoms with van der Waals surface area (Å²) in [5, 5.41) is 10.4. The highest BCUT2D eigenvalue weighted by molar-refractivity contribution is 7.90. The first-order valence-corrected chi connectivity index (χ1v) is 10.3. The van der Waals surface area contributed by atoms with E-state index in [2.05, 4.69) is 20.5 Å². The van der Waals surface area contributed by atoms with E-state index < -0.39 is 9.84 Å². The van der Waals surface area contributed by atoms with Crippen LogP contribution in [0.2, 0.25) is 0 Å². The van der Waals surface area contributed by atoms with Crippen LogP contribution >= 0.6 is 0 Å². The van der Waals surface area contributed by atoms with Crippen LogP contribution in [0.4, 0.5) is 5.69 Å². The lowest BCUT2D eigenvalue weighted by molar-refractivity contribution is 0.102. The van der Waals surface area contributed by atoms with Crippen molar-refractivity contribution in [3.05, 3.63) is 60.3 Å². The molecule has 0 unspecified atom stereocenters. The molecule has 0 aliphatic carbocycles. The molecule has 0 aliphatic rings. The van der Waals surface area contributed by atoms with Crippen LogP contribution in [0.5, 0.6) is 5.88 Å². The number of hydrogen-bond donors (Lipinski definition) is 1. The number of pyridine rings is 1. The number of nitrogens with zero attached hydrogens (tertiary/aromatic N) is 3. The molecule has 0 saturated heterocycles. The summed E-state index contributed by atoms with van der Waals surface area (Å²) < 4.78 is 28.3. The lowest BCUT2D eigenvalue weighted by atomic mass is 10.1. The average Bonchev–Trinajstić information content (AvgIpc) is 2.69. The predicted octanol–water partition coefficient (Wildman–Crippen LogP) is 2.59. The third-order valence-electron chi connectivity index (χ3n) is 3.76. The number of sulfone groups is 1. The molecule has 1 amide bonds. The second-order valence-corrected chi connectivity index (χ2v) is 7.81. The zero-order chi connectivity index (χ0) is 20.1. The van der Waals surface area contributed by atoms with Crippen LogP contribution in [0, 0.1) is 0 Å². The molecule has 3 rings (SSSR count). The van der Waals surface area contributed by atoms with Gasteiger partial charge in [-0.25, -0.2) is 13.4 Å². The van der Waals surface area contributed by atoms with Crippen molar-refractivity contribution in [3.8, 4) is 17.1 Å². The van der Waals surface area contributed by atoms with Crippen molar-refractivity contribution >= 4 is 21.4 Å².